The Bertz CT molecular complexity index is 27.2. The van der Waals surface area contributed by atoms with Crippen LogP contribution in [0.2, 0.25) is 0 Å². The second-order valence-corrected chi connectivity index (χ2v) is 4.18. The van der Waals surface area contributed by atoms with Gasteiger partial charge in [-0.2, -0.15) is 0 Å². The van der Waals surface area contributed by atoms with E-state index in [0.29, 0.717) is 0 Å². The van der Waals surface area contributed by atoms with Crippen LogP contribution < -0.4 is 17.9 Å². The van der Waals surface area contributed by atoms with E-state index in [2.05, 4.69) is 11.9 Å². The summed E-state index contributed by atoms with van der Waals surface area (Å²) in [6.07, 6.45) is 0. The van der Waals surface area contributed by atoms with Crippen LogP contribution in [0.1, 0.15) is 0 Å². The molecule has 7 heteroatoms. The van der Waals surface area contributed by atoms with Gasteiger partial charge in [-0.1, -0.05) is 0 Å². The molecule has 0 bridgehead atoms. The Morgan fingerprint density at radius 3 is 1.00 bits per heavy atom. The van der Waals surface area contributed by atoms with Gasteiger partial charge in [0, 0.05) is 0 Å². The number of nitrogens with two attached hydrogens (primary N) is 4. The van der Waals surface area contributed by atoms with Crippen molar-refractivity contribution in [1.82, 2.24) is 0 Å². The van der Waals surface area contributed by atoms with Gasteiger partial charge in [0.15, 0.2) is 0 Å². The van der Waals surface area contributed by atoms with Gasteiger partial charge in [-0.25, -0.2) is 0 Å². The number of rotatable bonds is 0. The fourth-order valence-corrected chi connectivity index (χ4v) is 0. The molecule has 0 aliphatic carbocycles. The predicted molar refractivity (Wildman–Crippen MR) is 24.8 cm³/mol. The summed E-state index contributed by atoms with van der Waals surface area (Å²) >= 11 is 0.779. The average molecular weight is 218 g/mol. The van der Waals surface area contributed by atoms with Crippen LogP contribution >= 0.6 is 11.9 Å². The van der Waals surface area contributed by atoms with Crippen molar-refractivity contribution < 1.29 is 20.4 Å². The number of hydrogen-bond donors (Lipinski definition) is 5. The molecule has 0 saturated carbocycles. The number of halogens is 1. The molecular weight excluding hydrogens is 209 g/mol. The van der Waals surface area contributed by atoms with Gasteiger partial charge >= 0.3 is 33.6 Å². The van der Waals surface area contributed by atoms with E-state index in [-0.39, 0.29) is 0 Å². The third-order valence-electron chi connectivity index (χ3n) is 0. The molecule has 50 valence electrons. The van der Waals surface area contributed by atoms with Crippen molar-refractivity contribution in [3.05, 3.63) is 0 Å². The van der Waals surface area contributed by atoms with E-state index in [1.54, 1.807) is 0 Å². The maximum atomic E-state index is 6.47. The van der Waals surface area contributed by atoms with Gasteiger partial charge in [-0.3, -0.25) is 4.66 Å². The van der Waals surface area contributed by atoms with Crippen LogP contribution in [-0.2, 0) is 15.7 Å². The standard InChI is InChI=1S/ClHO.4H2N.Ru/c1-2;;;;;/h2H;4*1H2;/q;4*-1;+4. The molecule has 0 aliphatic heterocycles. The molecular formula is H9ClN4ORu. The molecule has 0 fully saturated rings. The Labute approximate surface area is 50.6 Å². The van der Waals surface area contributed by atoms with Crippen molar-refractivity contribution >= 4 is 11.9 Å². The summed E-state index contributed by atoms with van der Waals surface area (Å²) in [5, 5.41) is 0. The van der Waals surface area contributed by atoms with Crippen LogP contribution in [0.5, 0.6) is 0 Å². The molecule has 0 aromatic carbocycles. The summed E-state index contributed by atoms with van der Waals surface area (Å²) in [4.78, 5) is 0. The first-order valence-corrected chi connectivity index (χ1v) is 5.34. The maximum absolute atomic E-state index is 6.47. The molecule has 0 aliphatic rings. The molecule has 0 spiro atoms. The molecule has 5 nitrogen and oxygen atoms in total. The van der Waals surface area contributed by atoms with Crippen molar-refractivity contribution in [3.8, 4) is 0 Å². The van der Waals surface area contributed by atoms with Gasteiger partial charge in [0.2, 0.25) is 0 Å². The third kappa shape index (κ3) is 293. The molecule has 0 rings (SSSR count). The Kier molecular flexibility index (Phi) is 7.40. The van der Waals surface area contributed by atoms with Gasteiger partial charge in [-0.05, 0) is 0 Å². The Balaban J connectivity index is 0. The van der Waals surface area contributed by atoms with Gasteiger partial charge in [-0.15, -0.1) is 0 Å². The first-order chi connectivity index (χ1) is 3.00. The number of hydrogen-bond acceptors (Lipinski definition) is 5. The van der Waals surface area contributed by atoms with Crippen LogP contribution in [0, 0.1) is 0 Å². The second kappa shape index (κ2) is 4.86. The normalized spacial score (nSPS) is 11.7. The molecule has 9 N–H and O–H groups in total. The molecule has 0 unspecified atom stereocenters. The van der Waals surface area contributed by atoms with Crippen LogP contribution in [0.15, 0.2) is 0 Å². The molecule has 0 atom stereocenters. The van der Waals surface area contributed by atoms with E-state index in [0.717, 1.165) is 0 Å². The van der Waals surface area contributed by atoms with Crippen LogP contribution in [0.25, 0.3) is 0 Å². The first-order valence-electron chi connectivity index (χ1n) is 0.986. The summed E-state index contributed by atoms with van der Waals surface area (Å²) in [5.74, 6) is 0. The molecule has 0 heterocycles. The van der Waals surface area contributed by atoms with Crippen molar-refractivity contribution in [2.24, 2.45) is 17.9 Å². The predicted octanol–water partition coefficient (Wildman–Crippen LogP) is -2.23. The molecule has 0 amide bonds. The topological polar surface area (TPSA) is 124 Å². The van der Waals surface area contributed by atoms with Crippen molar-refractivity contribution in [2.45, 2.75) is 0 Å². The summed E-state index contributed by atoms with van der Waals surface area (Å²) in [5.41, 5.74) is 0. The summed E-state index contributed by atoms with van der Waals surface area (Å²) in [6.45, 7) is 0. The average Bonchev–Trinajstić information content (AvgIpc) is 1.36. The van der Waals surface area contributed by atoms with E-state index < -0.39 is 15.7 Å². The zero-order chi connectivity index (χ0) is 6.50. The monoisotopic (exact) mass is 218 g/mol. The van der Waals surface area contributed by atoms with Crippen LogP contribution in [0.4, 0.5) is 0 Å². The Morgan fingerprint density at radius 1 is 1.00 bits per heavy atom. The minimum atomic E-state index is -2.86. The van der Waals surface area contributed by atoms with Crippen molar-refractivity contribution in [2.75, 3.05) is 0 Å². The van der Waals surface area contributed by atoms with Gasteiger partial charge in [0.05, 0.1) is 11.9 Å². The summed E-state index contributed by atoms with van der Waals surface area (Å²) in [6, 6.07) is 0. The zero-order valence-corrected chi connectivity index (χ0v) is 5.98. The molecule has 0 saturated heterocycles. The zero-order valence-electron chi connectivity index (χ0n) is 3.49. The minimum absolute atomic E-state index is 2.86. The quantitative estimate of drug-likeness (QED) is 0.294. The van der Waals surface area contributed by atoms with Crippen molar-refractivity contribution in [3.63, 3.8) is 0 Å². The van der Waals surface area contributed by atoms with E-state index in [1.165, 1.54) is 0 Å². The van der Waals surface area contributed by atoms with E-state index in [9.17, 15) is 0 Å². The Morgan fingerprint density at radius 2 is 1.00 bits per heavy atom. The van der Waals surface area contributed by atoms with Crippen molar-refractivity contribution in [1.29, 1.82) is 0 Å². The first kappa shape index (κ1) is 10.6. The Hall–Kier alpha value is 0.713. The summed E-state index contributed by atoms with van der Waals surface area (Å²) < 4.78 is 25.9. The third-order valence-corrected chi connectivity index (χ3v) is 0. The van der Waals surface area contributed by atoms with E-state index in [4.69, 9.17) is 22.6 Å². The van der Waals surface area contributed by atoms with Gasteiger partial charge < -0.3 is 0 Å². The van der Waals surface area contributed by atoms with E-state index >= 15 is 0 Å². The van der Waals surface area contributed by atoms with Gasteiger partial charge in [0.1, 0.15) is 0 Å². The second-order valence-electron chi connectivity index (χ2n) is 0.707. The fourth-order valence-electron chi connectivity index (χ4n) is 0. The van der Waals surface area contributed by atoms with Crippen LogP contribution in [-0.4, -0.2) is 4.66 Å². The van der Waals surface area contributed by atoms with Gasteiger partial charge in [0.25, 0.3) is 0 Å². The van der Waals surface area contributed by atoms with E-state index in [1.807, 2.05) is 0 Å². The molecule has 0 aromatic rings. The fraction of sp³-hybridized carbons (Fsp3) is 0. The SMILES string of the molecule is OCl.[NH2][Ru]([NH2])([NH2])[NH2]. The van der Waals surface area contributed by atoms with Crippen LogP contribution in [0.3, 0.4) is 0 Å². The summed E-state index contributed by atoms with van der Waals surface area (Å²) in [7, 11) is 0. The molecule has 0 aromatic heterocycles. The molecule has 0 radical (unpaired) electrons. The molecule has 7 heavy (non-hydrogen) atoms.